The molecule has 102 valence electrons. The summed E-state index contributed by atoms with van der Waals surface area (Å²) in [7, 11) is -2.54. The van der Waals surface area contributed by atoms with Gasteiger partial charge >= 0.3 is 8.80 Å². The Morgan fingerprint density at radius 2 is 1.53 bits per heavy atom. The highest BCUT2D eigenvalue weighted by Gasteiger charge is 2.39. The van der Waals surface area contributed by atoms with E-state index < -0.39 is 8.80 Å². The quantitative estimate of drug-likeness (QED) is 0.250. The molecule has 7 heteroatoms. The van der Waals surface area contributed by atoms with Gasteiger partial charge in [0.15, 0.2) is 0 Å². The lowest BCUT2D eigenvalue weighted by Gasteiger charge is -2.28. The summed E-state index contributed by atoms with van der Waals surface area (Å²) >= 11 is 0. The zero-order chi connectivity index (χ0) is 12.3. The van der Waals surface area contributed by atoms with Crippen molar-refractivity contribution in [3.8, 4) is 0 Å². The molecule has 0 amide bonds. The maximum absolute atomic E-state index is 9.93. The van der Waals surface area contributed by atoms with E-state index >= 15 is 0 Å². The lowest BCUT2D eigenvalue weighted by atomic mass is 10.5. The fourth-order valence-corrected chi connectivity index (χ4v) is 4.02. The van der Waals surface area contributed by atoms with Gasteiger partial charge in [0.2, 0.25) is 6.08 Å². The van der Waals surface area contributed by atoms with E-state index in [0.29, 0.717) is 32.4 Å². The van der Waals surface area contributed by atoms with Crippen molar-refractivity contribution >= 4 is 25.8 Å². The summed E-state index contributed by atoms with van der Waals surface area (Å²) in [6.07, 6.45) is 2.24. The van der Waals surface area contributed by atoms with E-state index in [9.17, 15) is 4.79 Å². The second-order valence-electron chi connectivity index (χ2n) is 3.06. The van der Waals surface area contributed by atoms with Gasteiger partial charge in [-0.25, -0.2) is 9.79 Å². The first kappa shape index (κ1) is 19.0. The Hall–Kier alpha value is -0.306. The van der Waals surface area contributed by atoms with Crippen LogP contribution in [-0.2, 0) is 18.1 Å². The Morgan fingerprint density at radius 3 is 1.88 bits per heavy atom. The van der Waals surface area contributed by atoms with Crippen LogP contribution in [0.5, 0.6) is 0 Å². The normalized spacial score (nSPS) is 10.5. The fraction of sp³-hybridized carbons (Fsp3) is 0.900. The summed E-state index contributed by atoms with van der Waals surface area (Å²) in [4.78, 5) is 13.4. The topological polar surface area (TPSA) is 57.1 Å². The van der Waals surface area contributed by atoms with Gasteiger partial charge in [-0.3, -0.25) is 0 Å². The van der Waals surface area contributed by atoms with Crippen molar-refractivity contribution in [1.29, 1.82) is 0 Å². The molecule has 0 aromatic heterocycles. The molecule has 0 aliphatic carbocycles. The largest absolute Gasteiger partial charge is 0.500 e. The van der Waals surface area contributed by atoms with Crippen LogP contribution in [0.15, 0.2) is 4.99 Å². The molecule has 0 fully saturated rings. The molecule has 0 aliphatic rings. The zero-order valence-corrected chi connectivity index (χ0v) is 11.3. The summed E-state index contributed by atoms with van der Waals surface area (Å²) in [5.74, 6) is 0. The second kappa shape index (κ2) is 12.2. The Labute approximate surface area is 109 Å². The molecule has 0 unspecified atom stereocenters. The highest BCUT2D eigenvalue weighted by atomic mass is 28.4. The highest BCUT2D eigenvalue weighted by Crippen LogP contribution is 2.17. The standard InChI is InChI=1S/C10H21NO4Si.H4Si/c1-4-13-16(14-5-2,15-6-3)9-7-8-11-10-12;/h4-9H2,1-3H3;1H4. The first-order valence-corrected chi connectivity index (χ1v) is 7.63. The SMILES string of the molecule is CCO[Si](CCCN=C=O)(OCC)OCC.[SiH4]. The van der Waals surface area contributed by atoms with E-state index in [-0.39, 0.29) is 11.0 Å². The zero-order valence-electron chi connectivity index (χ0n) is 10.3. The van der Waals surface area contributed by atoms with E-state index in [1.54, 1.807) is 0 Å². The number of nitrogens with zero attached hydrogens (tertiary/aromatic N) is 1. The van der Waals surface area contributed by atoms with Crippen molar-refractivity contribution in [2.45, 2.75) is 33.2 Å². The van der Waals surface area contributed by atoms with Crippen molar-refractivity contribution in [3.05, 3.63) is 0 Å². The molecule has 17 heavy (non-hydrogen) atoms. The Balaban J connectivity index is 0. The third-order valence-corrected chi connectivity index (χ3v) is 5.06. The fourth-order valence-electron chi connectivity index (χ4n) is 1.42. The first-order chi connectivity index (χ1) is 7.74. The Kier molecular flexibility index (Phi) is 13.6. The molecule has 0 N–H and O–H groups in total. The highest BCUT2D eigenvalue weighted by molar-refractivity contribution is 6.60. The molecule has 0 bridgehead atoms. The predicted molar refractivity (Wildman–Crippen MR) is 74.4 cm³/mol. The predicted octanol–water partition coefficient (Wildman–Crippen LogP) is 0.309. The molecule has 0 heterocycles. The third kappa shape index (κ3) is 8.42. The number of hydrogen-bond donors (Lipinski definition) is 0. The Morgan fingerprint density at radius 1 is 1.06 bits per heavy atom. The molecule has 0 aromatic rings. The lowest BCUT2D eigenvalue weighted by molar-refractivity contribution is 0.0710. The first-order valence-electron chi connectivity index (χ1n) is 5.70. The minimum Gasteiger partial charge on any atom is -0.374 e. The smallest absolute Gasteiger partial charge is 0.374 e. The van der Waals surface area contributed by atoms with Crippen LogP contribution in [0.4, 0.5) is 0 Å². The number of hydrogen-bond acceptors (Lipinski definition) is 5. The lowest BCUT2D eigenvalue weighted by Crippen LogP contribution is -2.46. The minimum atomic E-state index is -2.54. The van der Waals surface area contributed by atoms with Crippen LogP contribution in [0.25, 0.3) is 0 Å². The van der Waals surface area contributed by atoms with Crippen LogP contribution >= 0.6 is 0 Å². The summed E-state index contributed by atoms with van der Waals surface area (Å²) < 4.78 is 16.9. The molecule has 0 aliphatic heterocycles. The molecule has 0 atom stereocenters. The summed E-state index contributed by atoms with van der Waals surface area (Å²) in [6.45, 7) is 7.93. The monoisotopic (exact) mass is 279 g/mol. The van der Waals surface area contributed by atoms with Crippen LogP contribution in [0.3, 0.4) is 0 Å². The summed E-state index contributed by atoms with van der Waals surface area (Å²) in [5, 5.41) is 0. The van der Waals surface area contributed by atoms with Crippen molar-refractivity contribution < 1.29 is 18.1 Å². The molecule has 0 saturated carbocycles. The van der Waals surface area contributed by atoms with E-state index in [0.717, 1.165) is 6.42 Å². The van der Waals surface area contributed by atoms with Crippen molar-refractivity contribution in [1.82, 2.24) is 0 Å². The van der Waals surface area contributed by atoms with E-state index in [1.807, 2.05) is 20.8 Å². The van der Waals surface area contributed by atoms with Gasteiger partial charge in [-0.15, -0.1) is 0 Å². The van der Waals surface area contributed by atoms with E-state index in [4.69, 9.17) is 13.3 Å². The number of isocyanates is 1. The molecule has 0 saturated heterocycles. The average molecular weight is 279 g/mol. The van der Waals surface area contributed by atoms with Gasteiger partial charge in [0, 0.05) is 25.9 Å². The molecular formula is C10H25NO4Si2. The van der Waals surface area contributed by atoms with Gasteiger partial charge in [-0.2, -0.15) is 0 Å². The molecule has 0 rings (SSSR count). The summed E-state index contributed by atoms with van der Waals surface area (Å²) in [6, 6.07) is 0.688. The van der Waals surface area contributed by atoms with Gasteiger partial charge in [-0.1, -0.05) is 0 Å². The number of aliphatic imine (C=N–C) groups is 1. The van der Waals surface area contributed by atoms with Crippen LogP contribution in [0.2, 0.25) is 6.04 Å². The van der Waals surface area contributed by atoms with E-state index in [2.05, 4.69) is 4.99 Å². The molecule has 0 spiro atoms. The van der Waals surface area contributed by atoms with Crippen molar-refractivity contribution in [3.63, 3.8) is 0 Å². The Bertz CT molecular complexity index is 205. The van der Waals surface area contributed by atoms with Crippen molar-refractivity contribution in [2.24, 2.45) is 4.99 Å². The number of rotatable bonds is 10. The van der Waals surface area contributed by atoms with Crippen LogP contribution in [0.1, 0.15) is 27.2 Å². The molecular weight excluding hydrogens is 254 g/mol. The third-order valence-electron chi connectivity index (χ3n) is 1.91. The second-order valence-corrected chi connectivity index (χ2v) is 5.79. The maximum Gasteiger partial charge on any atom is 0.500 e. The summed E-state index contributed by atoms with van der Waals surface area (Å²) in [5.41, 5.74) is 0. The minimum absolute atomic E-state index is 0. The van der Waals surface area contributed by atoms with Crippen LogP contribution in [0, 0.1) is 0 Å². The molecule has 5 nitrogen and oxygen atoms in total. The van der Waals surface area contributed by atoms with Crippen LogP contribution in [-0.4, -0.2) is 52.2 Å². The molecule has 0 aromatic carbocycles. The van der Waals surface area contributed by atoms with Gasteiger partial charge in [0.05, 0.1) is 6.54 Å². The molecule has 0 radical (unpaired) electrons. The van der Waals surface area contributed by atoms with Crippen molar-refractivity contribution in [2.75, 3.05) is 26.4 Å². The van der Waals surface area contributed by atoms with Gasteiger partial charge in [-0.05, 0) is 38.2 Å². The van der Waals surface area contributed by atoms with E-state index in [1.165, 1.54) is 6.08 Å². The average Bonchev–Trinajstić information content (AvgIpc) is 2.26. The van der Waals surface area contributed by atoms with Gasteiger partial charge in [0.1, 0.15) is 0 Å². The van der Waals surface area contributed by atoms with Crippen LogP contribution < -0.4 is 0 Å². The van der Waals surface area contributed by atoms with Gasteiger partial charge in [0.25, 0.3) is 0 Å². The maximum atomic E-state index is 9.93. The van der Waals surface area contributed by atoms with Gasteiger partial charge < -0.3 is 13.3 Å². The number of carbonyl (C=O) groups excluding carboxylic acids is 1.